The van der Waals surface area contributed by atoms with Crippen molar-refractivity contribution < 1.29 is 4.79 Å². The summed E-state index contributed by atoms with van der Waals surface area (Å²) >= 11 is 0. The molecule has 2 aliphatic rings. The third-order valence-electron chi connectivity index (χ3n) is 5.41. The van der Waals surface area contributed by atoms with E-state index in [1.54, 1.807) is 0 Å². The maximum atomic E-state index is 12.6. The summed E-state index contributed by atoms with van der Waals surface area (Å²) in [6.45, 7) is 11.3. The highest BCUT2D eigenvalue weighted by Crippen LogP contribution is 2.59. The minimum Gasteiger partial charge on any atom is -0.357 e. The average molecular weight is 327 g/mol. The molecule has 4 nitrogen and oxygen atoms in total. The van der Waals surface area contributed by atoms with Gasteiger partial charge in [0.15, 0.2) is 0 Å². The Hall–Kier alpha value is -1.84. The van der Waals surface area contributed by atoms with Crippen LogP contribution < -0.4 is 10.2 Å². The van der Waals surface area contributed by atoms with Crippen LogP contribution in [0.3, 0.4) is 0 Å². The Labute approximate surface area is 145 Å². The van der Waals surface area contributed by atoms with Gasteiger partial charge in [0.05, 0.1) is 5.92 Å². The van der Waals surface area contributed by atoms with Crippen LogP contribution in [0.4, 0.5) is 5.82 Å². The predicted octanol–water partition coefficient (Wildman–Crippen LogP) is 3.54. The molecule has 1 aliphatic carbocycles. The third kappa shape index (κ3) is 3.47. The van der Waals surface area contributed by atoms with Crippen molar-refractivity contribution >= 4 is 11.7 Å². The molecule has 130 valence electrons. The average Bonchev–Trinajstić information content (AvgIpc) is 2.94. The number of rotatable bonds is 5. The molecular weight excluding hydrogens is 298 g/mol. The monoisotopic (exact) mass is 327 g/mol. The normalized spacial score (nSPS) is 24.6. The summed E-state index contributed by atoms with van der Waals surface area (Å²) in [7, 11) is 0. The topological polar surface area (TPSA) is 45.2 Å². The molecule has 1 N–H and O–H groups in total. The molecule has 3 rings (SSSR count). The fraction of sp³-hybridized carbons (Fsp3) is 0.600. The Bertz CT molecular complexity index is 640. The summed E-state index contributed by atoms with van der Waals surface area (Å²) in [6, 6.07) is 4.10. The molecule has 1 aromatic heterocycles. The van der Waals surface area contributed by atoms with Crippen LogP contribution in [0.15, 0.2) is 30.0 Å². The number of nitrogens with one attached hydrogen (secondary N) is 1. The van der Waals surface area contributed by atoms with E-state index in [0.717, 1.165) is 24.5 Å². The molecule has 1 aliphatic heterocycles. The molecule has 24 heavy (non-hydrogen) atoms. The second-order valence-electron chi connectivity index (χ2n) is 8.00. The molecule has 1 saturated carbocycles. The number of anilines is 1. The lowest BCUT2D eigenvalue weighted by Crippen LogP contribution is -2.26. The summed E-state index contributed by atoms with van der Waals surface area (Å²) in [5, 5.41) is 3.12. The third-order valence-corrected chi connectivity index (χ3v) is 5.41. The van der Waals surface area contributed by atoms with Crippen LogP contribution in [-0.2, 0) is 11.3 Å². The van der Waals surface area contributed by atoms with Gasteiger partial charge in [0.2, 0.25) is 5.91 Å². The zero-order valence-electron chi connectivity index (χ0n) is 15.3. The second kappa shape index (κ2) is 6.58. The van der Waals surface area contributed by atoms with Gasteiger partial charge in [0.1, 0.15) is 5.82 Å². The van der Waals surface area contributed by atoms with Gasteiger partial charge in [0.25, 0.3) is 0 Å². The Morgan fingerprint density at radius 2 is 2.08 bits per heavy atom. The van der Waals surface area contributed by atoms with E-state index in [4.69, 9.17) is 0 Å². The van der Waals surface area contributed by atoms with Crippen molar-refractivity contribution in [2.45, 2.75) is 47.1 Å². The fourth-order valence-corrected chi connectivity index (χ4v) is 3.84. The molecule has 1 saturated heterocycles. The predicted molar refractivity (Wildman–Crippen MR) is 97.7 cm³/mol. The standard InChI is InChI=1S/C20H29N3O/c1-14(2)11-16-18(20(16,3)4)19(24)22-13-15-7-8-21-17(12-15)23-9-5-6-10-23/h7-8,11-12,16,18H,5-6,9-10,13H2,1-4H3,(H,22,24). The van der Waals surface area contributed by atoms with Crippen molar-refractivity contribution in [3.8, 4) is 0 Å². The number of carbonyl (C=O) groups is 1. The molecule has 0 bridgehead atoms. The number of pyridine rings is 1. The van der Waals surface area contributed by atoms with Crippen molar-refractivity contribution in [2.75, 3.05) is 18.0 Å². The van der Waals surface area contributed by atoms with Crippen molar-refractivity contribution in [1.29, 1.82) is 0 Å². The number of allylic oxidation sites excluding steroid dienone is 2. The Kier molecular flexibility index (Phi) is 4.66. The van der Waals surface area contributed by atoms with Crippen LogP contribution in [0.25, 0.3) is 0 Å². The van der Waals surface area contributed by atoms with Crippen molar-refractivity contribution in [1.82, 2.24) is 10.3 Å². The molecule has 2 fully saturated rings. The van der Waals surface area contributed by atoms with Gasteiger partial charge in [-0.1, -0.05) is 25.5 Å². The van der Waals surface area contributed by atoms with Crippen molar-refractivity contribution in [2.24, 2.45) is 17.3 Å². The Morgan fingerprint density at radius 3 is 2.75 bits per heavy atom. The zero-order valence-corrected chi connectivity index (χ0v) is 15.3. The largest absolute Gasteiger partial charge is 0.357 e. The minimum absolute atomic E-state index is 0.0698. The number of aromatic nitrogens is 1. The van der Waals surface area contributed by atoms with E-state index in [9.17, 15) is 4.79 Å². The van der Waals surface area contributed by atoms with Gasteiger partial charge >= 0.3 is 0 Å². The summed E-state index contributed by atoms with van der Waals surface area (Å²) in [5.74, 6) is 1.66. The van der Waals surface area contributed by atoms with Gasteiger partial charge < -0.3 is 10.2 Å². The highest BCUT2D eigenvalue weighted by Gasteiger charge is 2.60. The Balaban J connectivity index is 1.59. The molecule has 0 aromatic carbocycles. The summed E-state index contributed by atoms with van der Waals surface area (Å²) < 4.78 is 0. The summed E-state index contributed by atoms with van der Waals surface area (Å²) in [6.07, 6.45) is 6.57. The summed E-state index contributed by atoms with van der Waals surface area (Å²) in [5.41, 5.74) is 2.48. The van der Waals surface area contributed by atoms with E-state index in [1.807, 2.05) is 12.3 Å². The zero-order chi connectivity index (χ0) is 17.3. The van der Waals surface area contributed by atoms with E-state index in [2.05, 4.69) is 55.0 Å². The van der Waals surface area contributed by atoms with Crippen LogP contribution in [-0.4, -0.2) is 24.0 Å². The smallest absolute Gasteiger partial charge is 0.224 e. The number of amides is 1. The van der Waals surface area contributed by atoms with Crippen molar-refractivity contribution in [3.05, 3.63) is 35.5 Å². The van der Waals surface area contributed by atoms with E-state index in [0.29, 0.717) is 12.5 Å². The first-order valence-corrected chi connectivity index (χ1v) is 9.02. The lowest BCUT2D eigenvalue weighted by atomic mass is 10.1. The Morgan fingerprint density at radius 1 is 1.38 bits per heavy atom. The molecule has 0 spiro atoms. The molecule has 2 atom stereocenters. The van der Waals surface area contributed by atoms with Crippen LogP contribution in [0, 0.1) is 17.3 Å². The van der Waals surface area contributed by atoms with E-state index in [1.165, 1.54) is 18.4 Å². The first kappa shape index (κ1) is 17.0. The fourth-order valence-electron chi connectivity index (χ4n) is 3.84. The molecule has 1 aromatic rings. The lowest BCUT2D eigenvalue weighted by molar-refractivity contribution is -0.123. The van der Waals surface area contributed by atoms with Crippen molar-refractivity contribution in [3.63, 3.8) is 0 Å². The SMILES string of the molecule is CC(C)=CC1C(C(=O)NCc2ccnc(N3CCCC3)c2)C1(C)C. The van der Waals surface area contributed by atoms with Crippen LogP contribution >= 0.6 is 0 Å². The van der Waals surface area contributed by atoms with E-state index in [-0.39, 0.29) is 17.2 Å². The van der Waals surface area contributed by atoms with Crippen LogP contribution in [0.5, 0.6) is 0 Å². The van der Waals surface area contributed by atoms with Crippen LogP contribution in [0.1, 0.15) is 46.1 Å². The van der Waals surface area contributed by atoms with Gasteiger partial charge in [-0.2, -0.15) is 0 Å². The maximum Gasteiger partial charge on any atom is 0.224 e. The van der Waals surface area contributed by atoms with Gasteiger partial charge in [-0.3, -0.25) is 4.79 Å². The minimum atomic E-state index is 0.0698. The quantitative estimate of drug-likeness (QED) is 0.842. The van der Waals surface area contributed by atoms with E-state index >= 15 is 0 Å². The number of nitrogens with zero attached hydrogens (tertiary/aromatic N) is 2. The number of hydrogen-bond donors (Lipinski definition) is 1. The van der Waals surface area contributed by atoms with Gasteiger partial charge in [-0.15, -0.1) is 0 Å². The first-order valence-electron chi connectivity index (χ1n) is 9.02. The van der Waals surface area contributed by atoms with Crippen LogP contribution in [0.2, 0.25) is 0 Å². The number of hydrogen-bond acceptors (Lipinski definition) is 3. The van der Waals surface area contributed by atoms with Gasteiger partial charge in [0, 0.05) is 25.8 Å². The van der Waals surface area contributed by atoms with Gasteiger partial charge in [-0.05, 0) is 55.7 Å². The first-order chi connectivity index (χ1) is 11.4. The lowest BCUT2D eigenvalue weighted by Gasteiger charge is -2.17. The highest BCUT2D eigenvalue weighted by atomic mass is 16.2. The molecule has 2 heterocycles. The highest BCUT2D eigenvalue weighted by molar-refractivity contribution is 5.83. The number of carbonyl (C=O) groups excluding carboxylic acids is 1. The second-order valence-corrected chi connectivity index (χ2v) is 8.00. The molecule has 0 radical (unpaired) electrons. The molecule has 4 heteroatoms. The maximum absolute atomic E-state index is 12.6. The van der Waals surface area contributed by atoms with E-state index < -0.39 is 0 Å². The summed E-state index contributed by atoms with van der Waals surface area (Å²) in [4.78, 5) is 19.3. The molecule has 1 amide bonds. The van der Waals surface area contributed by atoms with Gasteiger partial charge in [-0.25, -0.2) is 4.98 Å². The molecular formula is C20H29N3O. The molecule has 2 unspecified atom stereocenters.